The molecule has 2 aromatic rings. The third-order valence-electron chi connectivity index (χ3n) is 1.97. The fourth-order valence-electron chi connectivity index (χ4n) is 1.28. The van der Waals surface area contributed by atoms with E-state index in [-0.39, 0.29) is 45.3 Å². The summed E-state index contributed by atoms with van der Waals surface area (Å²) in [7, 11) is 0. The minimum Gasteiger partial charge on any atom is -0.543 e. The van der Waals surface area contributed by atoms with E-state index < -0.39 is 5.97 Å². The van der Waals surface area contributed by atoms with Gasteiger partial charge < -0.3 is 9.90 Å². The number of halogens is 2. The molecular formula is C10H4Cl2NNaO2. The van der Waals surface area contributed by atoms with Gasteiger partial charge in [0, 0.05) is 5.39 Å². The molecule has 0 aliphatic rings. The van der Waals surface area contributed by atoms with Crippen molar-refractivity contribution in [2.45, 2.75) is 0 Å². The fourth-order valence-corrected chi connectivity index (χ4v) is 1.75. The molecule has 1 heterocycles. The first kappa shape index (κ1) is 13.7. The first-order valence-electron chi connectivity index (χ1n) is 4.06. The van der Waals surface area contributed by atoms with E-state index in [1.807, 2.05) is 0 Å². The van der Waals surface area contributed by atoms with Gasteiger partial charge in [-0.3, -0.25) is 0 Å². The number of pyridine rings is 1. The Balaban J connectivity index is 0.00000128. The number of hydrogen-bond donors (Lipinski definition) is 0. The number of aromatic carboxylic acids is 1. The van der Waals surface area contributed by atoms with Gasteiger partial charge in [0.15, 0.2) is 0 Å². The molecule has 0 N–H and O–H groups in total. The summed E-state index contributed by atoms with van der Waals surface area (Å²) in [4.78, 5) is 14.6. The minimum absolute atomic E-state index is 0. The summed E-state index contributed by atoms with van der Waals surface area (Å²) in [5.41, 5.74) is 0.145. The number of hydrogen-bond acceptors (Lipinski definition) is 3. The second-order valence-electron chi connectivity index (χ2n) is 2.89. The Bertz CT molecular complexity index is 560. The summed E-state index contributed by atoms with van der Waals surface area (Å²) in [6.07, 6.45) is 0. The van der Waals surface area contributed by atoms with Crippen LogP contribution in [0, 0.1) is 0 Å². The smallest absolute Gasteiger partial charge is 0.543 e. The zero-order chi connectivity index (χ0) is 11.0. The van der Waals surface area contributed by atoms with Crippen LogP contribution in [0.15, 0.2) is 24.3 Å². The average Bonchev–Trinajstić information content (AvgIpc) is 2.23. The largest absolute Gasteiger partial charge is 1.00 e. The maximum absolute atomic E-state index is 10.7. The second kappa shape index (κ2) is 5.34. The topological polar surface area (TPSA) is 53.0 Å². The van der Waals surface area contributed by atoms with Gasteiger partial charge in [0.25, 0.3) is 0 Å². The molecule has 0 aliphatic heterocycles. The van der Waals surface area contributed by atoms with Gasteiger partial charge in [-0.15, -0.1) is 0 Å². The zero-order valence-corrected chi connectivity index (χ0v) is 11.8. The van der Waals surface area contributed by atoms with Crippen LogP contribution in [0.1, 0.15) is 10.5 Å². The predicted octanol–water partition coefficient (Wildman–Crippen LogP) is -1.09. The molecule has 0 saturated carbocycles. The van der Waals surface area contributed by atoms with Gasteiger partial charge in [0.2, 0.25) is 0 Å². The van der Waals surface area contributed by atoms with Crippen LogP contribution in [0.4, 0.5) is 0 Å². The molecule has 0 aliphatic carbocycles. The summed E-state index contributed by atoms with van der Waals surface area (Å²) in [6.45, 7) is 0. The first-order valence-corrected chi connectivity index (χ1v) is 4.82. The maximum atomic E-state index is 10.7. The molecule has 0 amide bonds. The third-order valence-corrected chi connectivity index (χ3v) is 2.82. The van der Waals surface area contributed by atoms with Crippen molar-refractivity contribution in [3.8, 4) is 0 Å². The van der Waals surface area contributed by atoms with Crippen molar-refractivity contribution in [3.05, 3.63) is 40.0 Å². The molecule has 0 saturated heterocycles. The summed E-state index contributed by atoms with van der Waals surface area (Å²) in [5, 5.41) is 11.4. The molecule has 0 bridgehead atoms. The van der Waals surface area contributed by atoms with E-state index in [4.69, 9.17) is 23.2 Å². The molecule has 1 aromatic heterocycles. The van der Waals surface area contributed by atoms with Crippen LogP contribution in [0.2, 0.25) is 10.0 Å². The van der Waals surface area contributed by atoms with E-state index in [9.17, 15) is 9.90 Å². The van der Waals surface area contributed by atoms with Crippen LogP contribution in [-0.4, -0.2) is 11.0 Å². The molecular weight excluding hydrogens is 260 g/mol. The van der Waals surface area contributed by atoms with Crippen molar-refractivity contribution in [3.63, 3.8) is 0 Å². The molecule has 0 fully saturated rings. The molecule has 6 heteroatoms. The van der Waals surface area contributed by atoms with Crippen molar-refractivity contribution >= 4 is 40.1 Å². The molecule has 0 radical (unpaired) electrons. The first-order chi connectivity index (χ1) is 7.11. The van der Waals surface area contributed by atoms with Crippen molar-refractivity contribution < 1.29 is 39.5 Å². The number of rotatable bonds is 1. The Morgan fingerprint density at radius 1 is 1.19 bits per heavy atom. The van der Waals surface area contributed by atoms with Gasteiger partial charge >= 0.3 is 29.6 Å². The van der Waals surface area contributed by atoms with Crippen LogP contribution in [0.25, 0.3) is 10.9 Å². The molecule has 0 atom stereocenters. The van der Waals surface area contributed by atoms with E-state index in [0.29, 0.717) is 10.9 Å². The monoisotopic (exact) mass is 263 g/mol. The Labute approximate surface area is 124 Å². The van der Waals surface area contributed by atoms with E-state index in [0.717, 1.165) is 0 Å². The molecule has 3 nitrogen and oxygen atoms in total. The average molecular weight is 264 g/mol. The van der Waals surface area contributed by atoms with Gasteiger partial charge in [0.05, 0.1) is 21.5 Å². The minimum atomic E-state index is -1.44. The second-order valence-corrected chi connectivity index (χ2v) is 3.65. The third kappa shape index (κ3) is 2.34. The number of fused-ring (bicyclic) bond motifs is 1. The molecule has 0 spiro atoms. The van der Waals surface area contributed by atoms with Crippen LogP contribution in [0.3, 0.4) is 0 Å². The molecule has 0 unspecified atom stereocenters. The van der Waals surface area contributed by atoms with E-state index in [1.165, 1.54) is 0 Å². The molecule has 76 valence electrons. The standard InChI is InChI=1S/C10H5Cl2NO2.Na/c11-7-5-3-1-2-4-6(5)13-9(8(7)12)10(14)15;/h1-4H,(H,14,15);/q;+1/p-1. The Kier molecular flexibility index (Phi) is 4.59. The van der Waals surface area contributed by atoms with Gasteiger partial charge in [-0.25, -0.2) is 4.98 Å². The Morgan fingerprint density at radius 2 is 1.81 bits per heavy atom. The van der Waals surface area contributed by atoms with Crippen molar-refractivity contribution in [2.24, 2.45) is 0 Å². The molecule has 16 heavy (non-hydrogen) atoms. The Morgan fingerprint density at radius 3 is 2.44 bits per heavy atom. The summed E-state index contributed by atoms with van der Waals surface area (Å²) >= 11 is 11.7. The van der Waals surface area contributed by atoms with Gasteiger partial charge in [-0.1, -0.05) is 41.4 Å². The maximum Gasteiger partial charge on any atom is 1.00 e. The number of carbonyl (C=O) groups is 1. The number of carbonyl (C=O) groups excluding carboxylic acids is 1. The van der Waals surface area contributed by atoms with Crippen molar-refractivity contribution in [2.75, 3.05) is 0 Å². The van der Waals surface area contributed by atoms with Crippen molar-refractivity contribution in [1.29, 1.82) is 0 Å². The number of aromatic nitrogens is 1. The number of carboxylic acids is 1. The normalized spacial score (nSPS) is 9.88. The molecule has 2 rings (SSSR count). The summed E-state index contributed by atoms with van der Waals surface area (Å²) in [5.74, 6) is -1.44. The number of nitrogens with zero attached hydrogens (tertiary/aromatic N) is 1. The van der Waals surface area contributed by atoms with E-state index in [1.54, 1.807) is 24.3 Å². The summed E-state index contributed by atoms with van der Waals surface area (Å²) < 4.78 is 0. The van der Waals surface area contributed by atoms with Crippen LogP contribution >= 0.6 is 23.2 Å². The van der Waals surface area contributed by atoms with E-state index in [2.05, 4.69) is 4.98 Å². The quantitative estimate of drug-likeness (QED) is 0.615. The summed E-state index contributed by atoms with van der Waals surface area (Å²) in [6, 6.07) is 6.88. The Hall–Kier alpha value is -0.320. The van der Waals surface area contributed by atoms with Gasteiger partial charge in [0.1, 0.15) is 5.69 Å². The van der Waals surface area contributed by atoms with Crippen LogP contribution < -0.4 is 34.7 Å². The predicted molar refractivity (Wildman–Crippen MR) is 56.1 cm³/mol. The fraction of sp³-hybridized carbons (Fsp3) is 0. The number of para-hydroxylation sites is 1. The SMILES string of the molecule is O=C([O-])c1nc2ccccc2c(Cl)c1Cl.[Na+]. The number of benzene rings is 1. The number of carboxylic acid groups (broad SMARTS) is 1. The molecule has 1 aromatic carbocycles. The van der Waals surface area contributed by atoms with Gasteiger partial charge in [-0.05, 0) is 6.07 Å². The van der Waals surface area contributed by atoms with Crippen LogP contribution in [-0.2, 0) is 0 Å². The zero-order valence-electron chi connectivity index (χ0n) is 8.33. The van der Waals surface area contributed by atoms with Gasteiger partial charge in [-0.2, -0.15) is 0 Å². The van der Waals surface area contributed by atoms with E-state index >= 15 is 0 Å². The van der Waals surface area contributed by atoms with Crippen molar-refractivity contribution in [1.82, 2.24) is 4.98 Å². The van der Waals surface area contributed by atoms with Crippen LogP contribution in [0.5, 0.6) is 0 Å².